The van der Waals surface area contributed by atoms with Crippen LogP contribution < -0.4 is 4.90 Å². The molecule has 5 nitrogen and oxygen atoms in total. The highest BCUT2D eigenvalue weighted by Crippen LogP contribution is 2.48. The topological polar surface area (TPSA) is 36.0 Å². The summed E-state index contributed by atoms with van der Waals surface area (Å²) in [5, 5.41) is 0.777. The van der Waals surface area contributed by atoms with Gasteiger partial charge in [-0.15, -0.1) is 12.4 Å². The summed E-state index contributed by atoms with van der Waals surface area (Å²) < 4.78 is 5.09. The van der Waals surface area contributed by atoms with Crippen LogP contribution >= 0.6 is 35.8 Å². The van der Waals surface area contributed by atoms with E-state index in [1.807, 2.05) is 17.8 Å². The van der Waals surface area contributed by atoms with Crippen molar-refractivity contribution in [2.24, 2.45) is 0 Å². The van der Waals surface area contributed by atoms with E-state index >= 15 is 0 Å². The second kappa shape index (κ2) is 12.0. The van der Waals surface area contributed by atoms with Crippen LogP contribution in [0.15, 0.2) is 64.9 Å². The van der Waals surface area contributed by atoms with Crippen molar-refractivity contribution in [1.82, 2.24) is 9.80 Å². The fourth-order valence-corrected chi connectivity index (χ4v) is 5.31. The Labute approximate surface area is 205 Å². The number of para-hydroxylation sites is 1. The fourth-order valence-electron chi connectivity index (χ4n) is 4.07. The molecule has 0 N–H and O–H groups in total. The Balaban J connectivity index is 0.00000289. The van der Waals surface area contributed by atoms with E-state index in [9.17, 15) is 4.79 Å². The second-order valence-electron chi connectivity index (χ2n) is 7.74. The molecule has 2 aromatic carbocycles. The van der Waals surface area contributed by atoms with Crippen molar-refractivity contribution in [2.75, 3.05) is 57.3 Å². The summed E-state index contributed by atoms with van der Waals surface area (Å²) in [7, 11) is 0. The largest absolute Gasteiger partial charge is 0.461 e. The standard InChI is InChI=1S/C24H28ClN3O2S.ClH/c1-2-24(29)30-17-16-27-14-12-26(13-15-27)10-5-11-28-20-6-3-4-7-22(20)31-23-9-8-19(25)18-21(23)28;/h2-4,6-9,18H,1,5,10-17H2;1H. The summed E-state index contributed by atoms with van der Waals surface area (Å²) in [6, 6.07) is 14.8. The molecule has 0 bridgehead atoms. The first-order valence-corrected chi connectivity index (χ1v) is 11.9. The van der Waals surface area contributed by atoms with Crippen molar-refractivity contribution in [3.8, 4) is 0 Å². The van der Waals surface area contributed by atoms with Crippen LogP contribution in [0, 0.1) is 0 Å². The van der Waals surface area contributed by atoms with Gasteiger partial charge in [0.15, 0.2) is 0 Å². The van der Waals surface area contributed by atoms with Gasteiger partial charge in [-0.25, -0.2) is 4.79 Å². The second-order valence-corrected chi connectivity index (χ2v) is 9.26. The minimum Gasteiger partial charge on any atom is -0.461 e. The molecule has 0 radical (unpaired) electrons. The first-order chi connectivity index (χ1) is 15.1. The molecule has 8 heteroatoms. The Morgan fingerprint density at radius 2 is 1.69 bits per heavy atom. The first kappa shape index (κ1) is 24.9. The van der Waals surface area contributed by atoms with Gasteiger partial charge >= 0.3 is 5.97 Å². The van der Waals surface area contributed by atoms with Crippen molar-refractivity contribution in [3.05, 3.63) is 60.1 Å². The number of nitrogens with zero attached hydrogens (tertiary/aromatic N) is 3. The van der Waals surface area contributed by atoms with Gasteiger partial charge in [0.1, 0.15) is 6.61 Å². The smallest absolute Gasteiger partial charge is 0.330 e. The quantitative estimate of drug-likeness (QED) is 0.376. The molecule has 2 heterocycles. The number of carbonyl (C=O) groups excluding carboxylic acids is 1. The molecule has 2 aromatic rings. The highest BCUT2D eigenvalue weighted by molar-refractivity contribution is 7.99. The number of piperazine rings is 1. The van der Waals surface area contributed by atoms with E-state index in [0.29, 0.717) is 6.61 Å². The predicted octanol–water partition coefficient (Wildman–Crippen LogP) is 5.10. The highest BCUT2D eigenvalue weighted by Gasteiger charge is 2.24. The maximum atomic E-state index is 11.1. The minimum atomic E-state index is -0.348. The summed E-state index contributed by atoms with van der Waals surface area (Å²) in [6.07, 6.45) is 2.30. The van der Waals surface area contributed by atoms with Gasteiger partial charge in [0.05, 0.1) is 11.4 Å². The number of rotatable bonds is 8. The van der Waals surface area contributed by atoms with Crippen LogP contribution in [0.25, 0.3) is 0 Å². The zero-order valence-electron chi connectivity index (χ0n) is 18.0. The number of carbonyl (C=O) groups is 1. The van der Waals surface area contributed by atoms with Crippen LogP contribution in [-0.2, 0) is 9.53 Å². The molecule has 0 aromatic heterocycles. The number of hydrogen-bond acceptors (Lipinski definition) is 6. The Morgan fingerprint density at radius 3 is 2.44 bits per heavy atom. The van der Waals surface area contributed by atoms with E-state index in [4.69, 9.17) is 16.3 Å². The maximum Gasteiger partial charge on any atom is 0.330 e. The Bertz CT molecular complexity index is 935. The number of esters is 1. The van der Waals surface area contributed by atoms with Crippen molar-refractivity contribution in [2.45, 2.75) is 16.2 Å². The maximum absolute atomic E-state index is 11.1. The van der Waals surface area contributed by atoms with Gasteiger partial charge in [0.25, 0.3) is 0 Å². The molecule has 172 valence electrons. The molecule has 1 saturated heterocycles. The fraction of sp³-hybridized carbons (Fsp3) is 0.375. The average Bonchev–Trinajstić information content (AvgIpc) is 2.79. The molecular formula is C24H29Cl2N3O2S. The zero-order valence-corrected chi connectivity index (χ0v) is 20.4. The third kappa shape index (κ3) is 6.21. The Hall–Kier alpha value is -1.70. The monoisotopic (exact) mass is 493 g/mol. The third-order valence-corrected chi connectivity index (χ3v) is 7.09. The molecule has 0 aliphatic carbocycles. The van der Waals surface area contributed by atoms with Crippen LogP contribution in [0.2, 0.25) is 5.02 Å². The molecule has 2 aliphatic heterocycles. The van der Waals surface area contributed by atoms with E-state index in [0.717, 1.165) is 57.3 Å². The zero-order chi connectivity index (χ0) is 21.6. The molecule has 0 spiro atoms. The lowest BCUT2D eigenvalue weighted by molar-refractivity contribution is -0.138. The molecular weight excluding hydrogens is 465 g/mol. The van der Waals surface area contributed by atoms with E-state index in [-0.39, 0.29) is 18.4 Å². The van der Waals surface area contributed by atoms with Gasteiger partial charge in [-0.3, -0.25) is 4.90 Å². The number of hydrogen-bond donors (Lipinski definition) is 0. The minimum absolute atomic E-state index is 0. The number of fused-ring (bicyclic) bond motifs is 2. The summed E-state index contributed by atoms with van der Waals surface area (Å²) in [4.78, 5) is 21.0. The lowest BCUT2D eigenvalue weighted by Crippen LogP contribution is -2.47. The molecule has 32 heavy (non-hydrogen) atoms. The lowest BCUT2D eigenvalue weighted by atomic mass is 10.2. The predicted molar refractivity (Wildman–Crippen MR) is 135 cm³/mol. The average molecular weight is 494 g/mol. The number of ether oxygens (including phenoxy) is 1. The van der Waals surface area contributed by atoms with Crippen LogP contribution in [0.1, 0.15) is 6.42 Å². The van der Waals surface area contributed by atoms with Gasteiger partial charge in [-0.05, 0) is 43.3 Å². The third-order valence-electron chi connectivity index (χ3n) is 5.73. The van der Waals surface area contributed by atoms with Crippen LogP contribution in [0.5, 0.6) is 0 Å². The van der Waals surface area contributed by atoms with Crippen molar-refractivity contribution < 1.29 is 9.53 Å². The summed E-state index contributed by atoms with van der Waals surface area (Å²) in [5.41, 5.74) is 2.47. The summed E-state index contributed by atoms with van der Waals surface area (Å²) >= 11 is 8.13. The van der Waals surface area contributed by atoms with Crippen LogP contribution in [0.3, 0.4) is 0 Å². The molecule has 1 fully saturated rings. The molecule has 0 amide bonds. The lowest BCUT2D eigenvalue weighted by Gasteiger charge is -2.36. The van der Waals surface area contributed by atoms with E-state index in [1.54, 1.807) is 0 Å². The highest BCUT2D eigenvalue weighted by atomic mass is 35.5. The first-order valence-electron chi connectivity index (χ1n) is 10.7. The van der Waals surface area contributed by atoms with Gasteiger partial charge < -0.3 is 14.5 Å². The summed E-state index contributed by atoms with van der Waals surface area (Å²) in [5.74, 6) is -0.348. The van der Waals surface area contributed by atoms with Gasteiger partial charge in [0, 0.05) is 60.2 Å². The summed E-state index contributed by atoms with van der Waals surface area (Å²) in [6.45, 7) is 10.8. The molecule has 0 unspecified atom stereocenters. The van der Waals surface area contributed by atoms with Gasteiger partial charge in [0.2, 0.25) is 0 Å². The Morgan fingerprint density at radius 1 is 1.00 bits per heavy atom. The van der Waals surface area contributed by atoms with Gasteiger partial charge in [-0.2, -0.15) is 0 Å². The van der Waals surface area contributed by atoms with Crippen molar-refractivity contribution >= 4 is 53.1 Å². The van der Waals surface area contributed by atoms with E-state index in [2.05, 4.69) is 57.7 Å². The van der Waals surface area contributed by atoms with Crippen molar-refractivity contribution in [1.29, 1.82) is 0 Å². The number of anilines is 2. The van der Waals surface area contributed by atoms with E-state index in [1.165, 1.54) is 27.2 Å². The molecule has 0 saturated carbocycles. The number of benzene rings is 2. The number of halogens is 2. The normalized spacial score (nSPS) is 16.0. The van der Waals surface area contributed by atoms with Gasteiger partial charge in [-0.1, -0.05) is 42.1 Å². The molecule has 2 aliphatic rings. The van der Waals surface area contributed by atoms with Crippen LogP contribution in [0.4, 0.5) is 11.4 Å². The molecule has 0 atom stereocenters. The SMILES string of the molecule is C=CC(=O)OCCN1CCN(CCCN2c3ccccc3Sc3ccc(Cl)cc32)CC1.Cl. The van der Waals surface area contributed by atoms with E-state index < -0.39 is 0 Å². The van der Waals surface area contributed by atoms with Crippen LogP contribution in [-0.4, -0.2) is 68.2 Å². The molecule has 4 rings (SSSR count). The van der Waals surface area contributed by atoms with Crippen molar-refractivity contribution in [3.63, 3.8) is 0 Å². The Kier molecular flexibility index (Phi) is 9.32.